The molecule has 0 atom stereocenters. The molecule has 0 aliphatic rings. The van der Waals surface area contributed by atoms with Crippen LogP contribution in [0.5, 0.6) is 5.75 Å². The first kappa shape index (κ1) is 9.06. The summed E-state index contributed by atoms with van der Waals surface area (Å²) in [6.07, 6.45) is 1.23. The van der Waals surface area contributed by atoms with Crippen LogP contribution in [0, 0.1) is 0 Å². The lowest BCUT2D eigenvalue weighted by Gasteiger charge is -2.00. The highest BCUT2D eigenvalue weighted by Gasteiger charge is 2.06. The summed E-state index contributed by atoms with van der Waals surface area (Å²) in [5.74, 6) is 0.265. The minimum absolute atomic E-state index is 0.220. The minimum Gasteiger partial charge on any atom is -0.423 e. The van der Waals surface area contributed by atoms with Gasteiger partial charge >= 0.3 is 5.97 Å². The van der Waals surface area contributed by atoms with Gasteiger partial charge in [0.05, 0.1) is 5.69 Å². The molecule has 1 aromatic heterocycles. The number of thiophene rings is 1. The molecule has 0 amide bonds. The normalized spacial score (nSPS) is 9.75. The highest BCUT2D eigenvalue weighted by atomic mass is 32.1. The van der Waals surface area contributed by atoms with Crippen LogP contribution >= 0.6 is 11.3 Å². The van der Waals surface area contributed by atoms with Gasteiger partial charge in [-0.05, 0) is 6.42 Å². The first-order valence-electron chi connectivity index (χ1n) is 3.76. The predicted molar refractivity (Wildman–Crippen MR) is 49.3 cm³/mol. The largest absolute Gasteiger partial charge is 0.423 e. The Morgan fingerprint density at radius 2 is 2.42 bits per heavy atom. The smallest absolute Gasteiger partial charge is 0.311 e. The van der Waals surface area contributed by atoms with Crippen LogP contribution in [0.1, 0.15) is 19.8 Å². The van der Waals surface area contributed by atoms with Gasteiger partial charge in [0.25, 0.3) is 0 Å². The molecule has 1 aromatic rings. The Bertz CT molecular complexity index is 270. The van der Waals surface area contributed by atoms with Gasteiger partial charge in [-0.2, -0.15) is 0 Å². The molecular formula is C8H11NO2S. The van der Waals surface area contributed by atoms with Gasteiger partial charge in [-0.3, -0.25) is 4.79 Å². The van der Waals surface area contributed by atoms with Crippen molar-refractivity contribution >= 4 is 23.0 Å². The molecule has 0 radical (unpaired) electrons. The molecule has 1 rings (SSSR count). The van der Waals surface area contributed by atoms with Crippen molar-refractivity contribution in [3.05, 3.63) is 10.8 Å². The molecule has 66 valence electrons. The van der Waals surface area contributed by atoms with Gasteiger partial charge in [-0.25, -0.2) is 0 Å². The average Bonchev–Trinajstić information content (AvgIpc) is 2.37. The lowest BCUT2D eigenvalue weighted by molar-refractivity contribution is -0.134. The molecule has 0 aliphatic heterocycles. The molecule has 0 bridgehead atoms. The van der Waals surface area contributed by atoms with Crippen LogP contribution in [0.3, 0.4) is 0 Å². The van der Waals surface area contributed by atoms with E-state index in [0.717, 1.165) is 6.42 Å². The van der Waals surface area contributed by atoms with Gasteiger partial charge in [-0.15, -0.1) is 11.3 Å². The number of rotatable bonds is 3. The third-order valence-corrected chi connectivity index (χ3v) is 2.07. The summed E-state index contributed by atoms with van der Waals surface area (Å²) in [4.78, 5) is 11.0. The number of hydrogen-bond acceptors (Lipinski definition) is 4. The monoisotopic (exact) mass is 185 g/mol. The van der Waals surface area contributed by atoms with Crippen LogP contribution in [0.4, 0.5) is 5.69 Å². The summed E-state index contributed by atoms with van der Waals surface area (Å²) >= 11 is 1.42. The third-order valence-electron chi connectivity index (χ3n) is 1.33. The Balaban J connectivity index is 2.52. The quantitative estimate of drug-likeness (QED) is 0.733. The summed E-state index contributed by atoms with van der Waals surface area (Å²) in [5, 5.41) is 3.47. The Hall–Kier alpha value is -1.03. The van der Waals surface area contributed by atoms with Gasteiger partial charge in [0, 0.05) is 17.2 Å². The number of carbonyl (C=O) groups is 1. The van der Waals surface area contributed by atoms with Crippen LogP contribution in [0.2, 0.25) is 0 Å². The summed E-state index contributed by atoms with van der Waals surface area (Å²) in [5.41, 5.74) is 6.05. The fourth-order valence-corrected chi connectivity index (χ4v) is 1.39. The molecule has 0 spiro atoms. The molecule has 12 heavy (non-hydrogen) atoms. The average molecular weight is 185 g/mol. The number of ether oxygens (including phenoxy) is 1. The fraction of sp³-hybridized carbons (Fsp3) is 0.375. The second-order valence-electron chi connectivity index (χ2n) is 2.42. The van der Waals surface area contributed by atoms with Crippen molar-refractivity contribution in [2.75, 3.05) is 5.73 Å². The van der Waals surface area contributed by atoms with E-state index in [1.54, 1.807) is 10.8 Å². The molecule has 0 aliphatic carbocycles. The van der Waals surface area contributed by atoms with E-state index >= 15 is 0 Å². The standard InChI is InChI=1S/C8H11NO2S/c1-2-3-8(10)11-7-5-12-4-6(7)9/h4-5H,2-3,9H2,1H3. The van der Waals surface area contributed by atoms with Gasteiger partial charge in [0.2, 0.25) is 0 Å². The minimum atomic E-state index is -0.220. The van der Waals surface area contributed by atoms with E-state index in [4.69, 9.17) is 10.5 Å². The summed E-state index contributed by atoms with van der Waals surface area (Å²) < 4.78 is 4.97. The molecule has 1 heterocycles. The molecule has 0 unspecified atom stereocenters. The molecule has 4 heteroatoms. The highest BCUT2D eigenvalue weighted by Crippen LogP contribution is 2.25. The molecule has 0 aromatic carbocycles. The maximum absolute atomic E-state index is 11.0. The lowest BCUT2D eigenvalue weighted by atomic mass is 10.3. The van der Waals surface area contributed by atoms with Crippen LogP contribution in [-0.4, -0.2) is 5.97 Å². The van der Waals surface area contributed by atoms with E-state index in [-0.39, 0.29) is 5.97 Å². The topological polar surface area (TPSA) is 52.3 Å². The van der Waals surface area contributed by atoms with Gasteiger partial charge in [-0.1, -0.05) is 6.92 Å². The predicted octanol–water partition coefficient (Wildman–Crippen LogP) is 2.04. The SMILES string of the molecule is CCCC(=O)Oc1cscc1N. The number of carbonyl (C=O) groups excluding carboxylic acids is 1. The Morgan fingerprint density at radius 1 is 1.67 bits per heavy atom. The number of esters is 1. The summed E-state index contributed by atoms with van der Waals surface area (Å²) in [7, 11) is 0. The third kappa shape index (κ3) is 2.23. The van der Waals surface area contributed by atoms with Crippen molar-refractivity contribution in [2.24, 2.45) is 0 Å². The molecule has 3 nitrogen and oxygen atoms in total. The maximum atomic E-state index is 11.0. The molecule has 0 fully saturated rings. The zero-order valence-corrected chi connectivity index (χ0v) is 7.69. The van der Waals surface area contributed by atoms with Gasteiger partial charge < -0.3 is 10.5 Å². The van der Waals surface area contributed by atoms with Gasteiger partial charge in [0.15, 0.2) is 5.75 Å². The molecule has 2 N–H and O–H groups in total. The van der Waals surface area contributed by atoms with Crippen molar-refractivity contribution < 1.29 is 9.53 Å². The van der Waals surface area contributed by atoms with E-state index in [1.165, 1.54) is 11.3 Å². The van der Waals surface area contributed by atoms with Gasteiger partial charge in [0.1, 0.15) is 0 Å². The van der Waals surface area contributed by atoms with Crippen molar-refractivity contribution in [3.63, 3.8) is 0 Å². The van der Waals surface area contributed by atoms with Crippen molar-refractivity contribution in [2.45, 2.75) is 19.8 Å². The number of hydrogen-bond donors (Lipinski definition) is 1. The van der Waals surface area contributed by atoms with E-state index < -0.39 is 0 Å². The van der Waals surface area contributed by atoms with Crippen LogP contribution in [-0.2, 0) is 4.79 Å². The van der Waals surface area contributed by atoms with Crippen LogP contribution in [0.25, 0.3) is 0 Å². The first-order valence-corrected chi connectivity index (χ1v) is 4.70. The maximum Gasteiger partial charge on any atom is 0.311 e. The number of anilines is 1. The first-order chi connectivity index (χ1) is 5.74. The number of nitrogen functional groups attached to an aromatic ring is 1. The fourth-order valence-electron chi connectivity index (χ4n) is 0.756. The van der Waals surface area contributed by atoms with E-state index in [9.17, 15) is 4.79 Å². The highest BCUT2D eigenvalue weighted by molar-refractivity contribution is 7.08. The molecule has 0 saturated heterocycles. The molecule has 0 saturated carbocycles. The van der Waals surface area contributed by atoms with Crippen molar-refractivity contribution in [1.82, 2.24) is 0 Å². The van der Waals surface area contributed by atoms with E-state index in [0.29, 0.717) is 17.9 Å². The number of nitrogens with two attached hydrogens (primary N) is 1. The van der Waals surface area contributed by atoms with Crippen LogP contribution < -0.4 is 10.5 Å². The Morgan fingerprint density at radius 3 is 2.92 bits per heavy atom. The second-order valence-corrected chi connectivity index (χ2v) is 3.16. The Kier molecular flexibility index (Phi) is 3.10. The van der Waals surface area contributed by atoms with Crippen molar-refractivity contribution in [1.29, 1.82) is 0 Å². The second kappa shape index (κ2) is 4.11. The van der Waals surface area contributed by atoms with E-state index in [1.807, 2.05) is 6.92 Å². The summed E-state index contributed by atoms with van der Waals surface area (Å²) in [6, 6.07) is 0. The zero-order chi connectivity index (χ0) is 8.97. The van der Waals surface area contributed by atoms with Crippen LogP contribution in [0.15, 0.2) is 10.8 Å². The Labute approximate surface area is 75.1 Å². The zero-order valence-electron chi connectivity index (χ0n) is 6.87. The van der Waals surface area contributed by atoms with E-state index in [2.05, 4.69) is 0 Å². The summed E-state index contributed by atoms with van der Waals surface area (Å²) in [6.45, 7) is 1.93. The lowest BCUT2D eigenvalue weighted by Crippen LogP contribution is -2.07. The molecular weight excluding hydrogens is 174 g/mol. The van der Waals surface area contributed by atoms with Crippen molar-refractivity contribution in [3.8, 4) is 5.75 Å².